The Balaban J connectivity index is 2.58. The number of sulfonamides is 1. The number of aliphatic carboxylic acids is 1. The number of amides is 1. The normalized spacial score (nSPS) is 13.0. The number of hydrogen-bond donors (Lipinski definition) is 3. The highest BCUT2D eigenvalue weighted by Crippen LogP contribution is 2.12. The summed E-state index contributed by atoms with van der Waals surface area (Å²) >= 11 is 0. The van der Waals surface area contributed by atoms with Crippen molar-refractivity contribution in [2.75, 3.05) is 12.8 Å². The van der Waals surface area contributed by atoms with E-state index in [2.05, 4.69) is 10.0 Å². The molecule has 1 unspecified atom stereocenters. The van der Waals surface area contributed by atoms with E-state index in [9.17, 15) is 18.0 Å². The molecule has 1 aromatic rings. The van der Waals surface area contributed by atoms with Crippen molar-refractivity contribution in [2.45, 2.75) is 26.8 Å². The van der Waals surface area contributed by atoms with Crippen molar-refractivity contribution in [1.29, 1.82) is 0 Å². The molecular weight excluding hydrogens is 324 g/mol. The first-order valence-electron chi connectivity index (χ1n) is 7.13. The van der Waals surface area contributed by atoms with Gasteiger partial charge in [-0.3, -0.25) is 9.59 Å². The average Bonchev–Trinajstić information content (AvgIpc) is 2.88. The molecule has 9 heteroatoms. The second-order valence-corrected chi connectivity index (χ2v) is 7.57. The number of carboxylic acids is 1. The lowest BCUT2D eigenvalue weighted by atomic mass is 9.97. The number of nitrogens with one attached hydrogen (secondary N) is 2. The minimum absolute atomic E-state index is 0.00369. The number of carbonyl (C=O) groups is 2. The fourth-order valence-electron chi connectivity index (χ4n) is 1.94. The molecule has 1 aromatic heterocycles. The summed E-state index contributed by atoms with van der Waals surface area (Å²) in [5.74, 6) is -1.67. The van der Waals surface area contributed by atoms with Gasteiger partial charge in [0.05, 0.1) is 18.7 Å². The van der Waals surface area contributed by atoms with Gasteiger partial charge in [0.15, 0.2) is 5.76 Å². The van der Waals surface area contributed by atoms with Gasteiger partial charge >= 0.3 is 5.97 Å². The van der Waals surface area contributed by atoms with Gasteiger partial charge in [-0.25, -0.2) is 13.1 Å². The van der Waals surface area contributed by atoms with Gasteiger partial charge < -0.3 is 14.8 Å². The van der Waals surface area contributed by atoms with Crippen molar-refractivity contribution in [1.82, 2.24) is 10.0 Å². The molecule has 1 rings (SSSR count). The molecule has 0 aliphatic rings. The molecule has 130 valence electrons. The Bertz CT molecular complexity index is 650. The Kier molecular flexibility index (Phi) is 6.77. The zero-order chi connectivity index (χ0) is 17.6. The molecule has 0 saturated heterocycles. The van der Waals surface area contributed by atoms with Crippen LogP contribution in [0.15, 0.2) is 16.5 Å². The van der Waals surface area contributed by atoms with Crippen LogP contribution in [0.2, 0.25) is 0 Å². The van der Waals surface area contributed by atoms with Crippen LogP contribution in [-0.4, -0.2) is 38.2 Å². The molecule has 1 heterocycles. The van der Waals surface area contributed by atoms with Gasteiger partial charge in [0.2, 0.25) is 10.0 Å². The van der Waals surface area contributed by atoms with Gasteiger partial charge in [0.1, 0.15) is 5.76 Å². The van der Waals surface area contributed by atoms with Crippen LogP contribution in [0.3, 0.4) is 0 Å². The van der Waals surface area contributed by atoms with Crippen molar-refractivity contribution in [3.63, 3.8) is 0 Å². The predicted octanol–water partition coefficient (Wildman–Crippen LogP) is 0.806. The maximum Gasteiger partial charge on any atom is 0.308 e. The van der Waals surface area contributed by atoms with E-state index < -0.39 is 27.8 Å². The number of hydrogen-bond acceptors (Lipinski definition) is 5. The maximum atomic E-state index is 11.9. The van der Waals surface area contributed by atoms with Gasteiger partial charge in [-0.05, 0) is 24.5 Å². The summed E-state index contributed by atoms with van der Waals surface area (Å²) in [6, 6.07) is 2.89. The molecule has 1 amide bonds. The SMILES string of the molecule is CC(C)CC(CNC(=O)c1ccc(CNS(C)(=O)=O)o1)C(=O)O. The quantitative estimate of drug-likeness (QED) is 0.607. The summed E-state index contributed by atoms with van der Waals surface area (Å²) in [5, 5.41) is 11.6. The lowest BCUT2D eigenvalue weighted by molar-refractivity contribution is -0.142. The first kappa shape index (κ1) is 19.2. The maximum absolute atomic E-state index is 11.9. The zero-order valence-electron chi connectivity index (χ0n) is 13.3. The Hall–Kier alpha value is -1.87. The summed E-state index contributed by atoms with van der Waals surface area (Å²) in [6.45, 7) is 3.76. The fraction of sp³-hybridized carbons (Fsp3) is 0.571. The Morgan fingerprint density at radius 3 is 2.48 bits per heavy atom. The van der Waals surface area contributed by atoms with Crippen LogP contribution in [0.25, 0.3) is 0 Å². The first-order valence-corrected chi connectivity index (χ1v) is 9.02. The van der Waals surface area contributed by atoms with Crippen LogP contribution in [0, 0.1) is 11.8 Å². The topological polar surface area (TPSA) is 126 Å². The standard InChI is InChI=1S/C14H22N2O6S/c1-9(2)6-10(14(18)19)7-15-13(17)12-5-4-11(22-12)8-16-23(3,20)21/h4-5,9-10,16H,6-8H2,1-3H3,(H,15,17)(H,18,19). The van der Waals surface area contributed by atoms with Crippen LogP contribution >= 0.6 is 0 Å². The molecule has 0 spiro atoms. The monoisotopic (exact) mass is 346 g/mol. The molecule has 0 bridgehead atoms. The summed E-state index contributed by atoms with van der Waals surface area (Å²) in [7, 11) is -3.35. The van der Waals surface area contributed by atoms with Crippen molar-refractivity contribution in [3.8, 4) is 0 Å². The third kappa shape index (κ3) is 7.29. The molecule has 0 aromatic carbocycles. The molecule has 0 saturated carbocycles. The van der Waals surface area contributed by atoms with E-state index in [4.69, 9.17) is 9.52 Å². The number of carboxylic acid groups (broad SMARTS) is 1. The Morgan fingerprint density at radius 2 is 1.96 bits per heavy atom. The van der Waals surface area contributed by atoms with Gasteiger partial charge in [0, 0.05) is 6.54 Å². The minimum Gasteiger partial charge on any atom is -0.481 e. The van der Waals surface area contributed by atoms with E-state index in [0.29, 0.717) is 6.42 Å². The Morgan fingerprint density at radius 1 is 1.30 bits per heavy atom. The van der Waals surface area contributed by atoms with E-state index in [1.807, 2.05) is 13.8 Å². The molecule has 0 aliphatic carbocycles. The van der Waals surface area contributed by atoms with Crippen molar-refractivity contribution >= 4 is 21.9 Å². The van der Waals surface area contributed by atoms with Crippen LogP contribution < -0.4 is 10.0 Å². The zero-order valence-corrected chi connectivity index (χ0v) is 14.1. The van der Waals surface area contributed by atoms with Crippen LogP contribution in [0.1, 0.15) is 36.6 Å². The molecule has 8 nitrogen and oxygen atoms in total. The fourth-order valence-corrected chi connectivity index (χ4v) is 2.35. The molecule has 1 atom stereocenters. The van der Waals surface area contributed by atoms with Crippen LogP contribution in [0.5, 0.6) is 0 Å². The summed E-state index contributed by atoms with van der Waals surface area (Å²) in [6.07, 6.45) is 1.47. The molecule has 0 radical (unpaired) electrons. The lowest BCUT2D eigenvalue weighted by Crippen LogP contribution is -2.33. The van der Waals surface area contributed by atoms with Gasteiger partial charge in [-0.1, -0.05) is 13.8 Å². The van der Waals surface area contributed by atoms with E-state index >= 15 is 0 Å². The highest BCUT2D eigenvalue weighted by Gasteiger charge is 2.21. The van der Waals surface area contributed by atoms with Gasteiger partial charge in [0.25, 0.3) is 5.91 Å². The highest BCUT2D eigenvalue weighted by molar-refractivity contribution is 7.88. The van der Waals surface area contributed by atoms with E-state index in [1.165, 1.54) is 12.1 Å². The second kappa shape index (κ2) is 8.11. The van der Waals surface area contributed by atoms with E-state index in [-0.39, 0.29) is 30.5 Å². The van der Waals surface area contributed by atoms with Crippen molar-refractivity contribution < 1.29 is 27.5 Å². The number of rotatable bonds is 9. The van der Waals surface area contributed by atoms with E-state index in [1.54, 1.807) is 0 Å². The summed E-state index contributed by atoms with van der Waals surface area (Å²) in [4.78, 5) is 23.1. The van der Waals surface area contributed by atoms with Crippen molar-refractivity contribution in [2.24, 2.45) is 11.8 Å². The molecule has 3 N–H and O–H groups in total. The second-order valence-electron chi connectivity index (χ2n) is 5.73. The predicted molar refractivity (Wildman–Crippen MR) is 83.3 cm³/mol. The van der Waals surface area contributed by atoms with Crippen LogP contribution in [-0.2, 0) is 21.4 Å². The third-order valence-electron chi connectivity index (χ3n) is 3.01. The minimum atomic E-state index is -3.35. The molecule has 0 aliphatic heterocycles. The number of carbonyl (C=O) groups excluding carboxylic acids is 1. The summed E-state index contributed by atoms with van der Waals surface area (Å²) < 4.78 is 29.4. The van der Waals surface area contributed by atoms with Crippen molar-refractivity contribution in [3.05, 3.63) is 23.7 Å². The Labute approximate surface area is 135 Å². The largest absolute Gasteiger partial charge is 0.481 e. The van der Waals surface area contributed by atoms with Crippen LogP contribution in [0.4, 0.5) is 0 Å². The first-order chi connectivity index (χ1) is 10.6. The lowest BCUT2D eigenvalue weighted by Gasteiger charge is -2.14. The third-order valence-corrected chi connectivity index (χ3v) is 3.68. The van der Waals surface area contributed by atoms with Gasteiger partial charge in [-0.2, -0.15) is 0 Å². The molecular formula is C14H22N2O6S. The average molecular weight is 346 g/mol. The summed E-state index contributed by atoms with van der Waals surface area (Å²) in [5.41, 5.74) is 0. The molecule has 23 heavy (non-hydrogen) atoms. The van der Waals surface area contributed by atoms with Gasteiger partial charge in [-0.15, -0.1) is 0 Å². The smallest absolute Gasteiger partial charge is 0.308 e. The number of furan rings is 1. The van der Waals surface area contributed by atoms with E-state index in [0.717, 1.165) is 6.26 Å². The molecule has 0 fully saturated rings. The highest BCUT2D eigenvalue weighted by atomic mass is 32.2.